The van der Waals surface area contributed by atoms with E-state index < -0.39 is 0 Å². The molecule has 1 aliphatic heterocycles. The average molecular weight is 191 g/mol. The molecule has 76 valence electrons. The molecule has 0 aromatic heterocycles. The lowest BCUT2D eigenvalue weighted by molar-refractivity contribution is 0.590. The number of benzene rings is 1. The minimum Gasteiger partial charge on any atom is -0.302 e. The van der Waals surface area contributed by atoms with E-state index in [4.69, 9.17) is 0 Å². The second kappa shape index (κ2) is 2.89. The molecule has 0 saturated carbocycles. The van der Waals surface area contributed by atoms with Crippen molar-refractivity contribution in [3.63, 3.8) is 0 Å². The first-order chi connectivity index (χ1) is 6.48. The standard InChI is InChI=1S/C11H17N3/c1-11(2,3)8-5-6-10-9(7-8)12-13-14(10)4/h5-7,12-13H,1-4H3. The summed E-state index contributed by atoms with van der Waals surface area (Å²) in [5, 5.41) is 1.97. The molecule has 1 heterocycles. The van der Waals surface area contributed by atoms with Crippen LogP contribution in [0.3, 0.4) is 0 Å². The summed E-state index contributed by atoms with van der Waals surface area (Å²) in [6.45, 7) is 6.67. The molecule has 0 spiro atoms. The van der Waals surface area contributed by atoms with Crippen LogP contribution >= 0.6 is 0 Å². The largest absolute Gasteiger partial charge is 0.302 e. The van der Waals surface area contributed by atoms with Crippen molar-refractivity contribution in [1.82, 2.24) is 5.53 Å². The summed E-state index contributed by atoms with van der Waals surface area (Å²) in [7, 11) is 2.00. The number of hydrazine groups is 2. The number of nitrogens with zero attached hydrogens (tertiary/aromatic N) is 1. The maximum absolute atomic E-state index is 3.14. The number of hydrogen-bond donors (Lipinski definition) is 2. The van der Waals surface area contributed by atoms with Crippen molar-refractivity contribution < 1.29 is 0 Å². The number of fused-ring (bicyclic) bond motifs is 1. The van der Waals surface area contributed by atoms with Gasteiger partial charge in [-0.25, -0.2) is 0 Å². The molecule has 0 saturated heterocycles. The lowest BCUT2D eigenvalue weighted by Gasteiger charge is -2.19. The summed E-state index contributed by atoms with van der Waals surface area (Å²) >= 11 is 0. The molecular weight excluding hydrogens is 174 g/mol. The predicted octanol–water partition coefficient (Wildman–Crippen LogP) is 2.27. The van der Waals surface area contributed by atoms with E-state index in [2.05, 4.69) is 49.9 Å². The first-order valence-corrected chi connectivity index (χ1v) is 4.88. The maximum Gasteiger partial charge on any atom is 0.0779 e. The van der Waals surface area contributed by atoms with Crippen LogP contribution < -0.4 is 16.0 Å². The molecule has 0 aliphatic carbocycles. The van der Waals surface area contributed by atoms with E-state index in [1.54, 1.807) is 0 Å². The van der Waals surface area contributed by atoms with Gasteiger partial charge in [-0.2, -0.15) is 0 Å². The SMILES string of the molecule is CN1NNc2cc(C(C)(C)C)ccc21. The molecule has 1 aliphatic rings. The van der Waals surface area contributed by atoms with Crippen LogP contribution in [0.15, 0.2) is 18.2 Å². The van der Waals surface area contributed by atoms with E-state index in [0.29, 0.717) is 0 Å². The fourth-order valence-electron chi connectivity index (χ4n) is 1.60. The van der Waals surface area contributed by atoms with Gasteiger partial charge in [-0.3, -0.25) is 5.01 Å². The summed E-state index contributed by atoms with van der Waals surface area (Å²) in [6, 6.07) is 6.53. The quantitative estimate of drug-likeness (QED) is 0.658. The predicted molar refractivity (Wildman–Crippen MR) is 60.3 cm³/mol. The van der Waals surface area contributed by atoms with Gasteiger partial charge in [0.2, 0.25) is 0 Å². The fraction of sp³-hybridized carbons (Fsp3) is 0.455. The van der Waals surface area contributed by atoms with Crippen LogP contribution in [0.25, 0.3) is 0 Å². The van der Waals surface area contributed by atoms with Gasteiger partial charge in [-0.1, -0.05) is 26.8 Å². The third-order valence-corrected chi connectivity index (χ3v) is 2.58. The Labute approximate surface area is 85.1 Å². The highest BCUT2D eigenvalue weighted by atomic mass is 15.7. The average Bonchev–Trinajstić information content (AvgIpc) is 2.46. The molecule has 0 amide bonds. The molecule has 1 aromatic carbocycles. The van der Waals surface area contributed by atoms with E-state index in [1.165, 1.54) is 11.3 Å². The Morgan fingerprint density at radius 3 is 2.57 bits per heavy atom. The smallest absolute Gasteiger partial charge is 0.0779 e. The minimum absolute atomic E-state index is 0.206. The number of hydrogen-bond acceptors (Lipinski definition) is 3. The van der Waals surface area contributed by atoms with Gasteiger partial charge in [0.05, 0.1) is 11.4 Å². The van der Waals surface area contributed by atoms with Crippen LogP contribution in [0, 0.1) is 0 Å². The fourth-order valence-corrected chi connectivity index (χ4v) is 1.60. The zero-order valence-corrected chi connectivity index (χ0v) is 9.18. The molecule has 0 radical (unpaired) electrons. The van der Waals surface area contributed by atoms with E-state index in [0.717, 1.165) is 5.69 Å². The molecule has 2 rings (SSSR count). The highest BCUT2D eigenvalue weighted by Gasteiger charge is 2.19. The zero-order chi connectivity index (χ0) is 10.3. The molecule has 3 nitrogen and oxygen atoms in total. The highest BCUT2D eigenvalue weighted by molar-refractivity contribution is 5.73. The van der Waals surface area contributed by atoms with Gasteiger partial charge in [0.1, 0.15) is 0 Å². The second-order valence-corrected chi connectivity index (χ2v) is 4.78. The van der Waals surface area contributed by atoms with E-state index >= 15 is 0 Å². The number of anilines is 2. The van der Waals surface area contributed by atoms with Crippen molar-refractivity contribution in [3.05, 3.63) is 23.8 Å². The van der Waals surface area contributed by atoms with Crippen LogP contribution in [0.2, 0.25) is 0 Å². The zero-order valence-electron chi connectivity index (χ0n) is 9.18. The van der Waals surface area contributed by atoms with Crippen LogP contribution in [0.1, 0.15) is 26.3 Å². The number of rotatable bonds is 0. The van der Waals surface area contributed by atoms with Crippen molar-refractivity contribution in [3.8, 4) is 0 Å². The van der Waals surface area contributed by atoms with Gasteiger partial charge in [-0.05, 0) is 23.1 Å². The van der Waals surface area contributed by atoms with E-state index in [-0.39, 0.29) is 5.41 Å². The molecule has 3 heteroatoms. The van der Waals surface area contributed by atoms with Crippen LogP contribution in [-0.4, -0.2) is 7.05 Å². The van der Waals surface area contributed by atoms with Gasteiger partial charge in [0, 0.05) is 7.05 Å². The van der Waals surface area contributed by atoms with Crippen molar-refractivity contribution in [1.29, 1.82) is 0 Å². The second-order valence-electron chi connectivity index (χ2n) is 4.78. The normalized spacial score (nSPS) is 15.3. The van der Waals surface area contributed by atoms with Crippen molar-refractivity contribution in [2.24, 2.45) is 0 Å². The molecule has 0 fully saturated rings. The van der Waals surface area contributed by atoms with Gasteiger partial charge in [0.15, 0.2) is 0 Å². The molecule has 14 heavy (non-hydrogen) atoms. The maximum atomic E-state index is 3.14. The number of nitrogens with one attached hydrogen (secondary N) is 2. The third-order valence-electron chi connectivity index (χ3n) is 2.58. The topological polar surface area (TPSA) is 27.3 Å². The Morgan fingerprint density at radius 2 is 1.93 bits per heavy atom. The highest BCUT2D eigenvalue weighted by Crippen LogP contribution is 2.33. The summed E-state index contributed by atoms with van der Waals surface area (Å²) in [5.74, 6) is 0. The monoisotopic (exact) mass is 191 g/mol. The van der Waals surface area contributed by atoms with Gasteiger partial charge < -0.3 is 5.43 Å². The molecule has 0 atom stereocenters. The Balaban J connectivity index is 2.42. The Kier molecular flexibility index (Phi) is 1.93. The first-order valence-electron chi connectivity index (χ1n) is 4.88. The molecule has 2 N–H and O–H groups in total. The molecule has 1 aromatic rings. The first kappa shape index (κ1) is 9.34. The van der Waals surface area contributed by atoms with Crippen molar-refractivity contribution in [2.75, 3.05) is 17.5 Å². The van der Waals surface area contributed by atoms with E-state index in [1.807, 2.05) is 12.1 Å². The van der Waals surface area contributed by atoms with Gasteiger partial charge in [-0.15, -0.1) is 5.53 Å². The van der Waals surface area contributed by atoms with Crippen LogP contribution in [0.4, 0.5) is 11.4 Å². The third kappa shape index (κ3) is 1.44. The lowest BCUT2D eigenvalue weighted by Crippen LogP contribution is -2.31. The summed E-state index contributed by atoms with van der Waals surface area (Å²) < 4.78 is 0. The Hall–Kier alpha value is -1.22. The minimum atomic E-state index is 0.206. The van der Waals surface area contributed by atoms with Crippen LogP contribution in [0.5, 0.6) is 0 Å². The van der Waals surface area contributed by atoms with Gasteiger partial charge >= 0.3 is 0 Å². The molecule has 0 bridgehead atoms. The van der Waals surface area contributed by atoms with Gasteiger partial charge in [0.25, 0.3) is 0 Å². The van der Waals surface area contributed by atoms with Crippen molar-refractivity contribution in [2.45, 2.75) is 26.2 Å². The molecular formula is C11H17N3. The Bertz CT molecular complexity index is 352. The lowest BCUT2D eigenvalue weighted by atomic mass is 9.87. The summed E-state index contributed by atoms with van der Waals surface area (Å²) in [5.41, 5.74) is 10.1. The summed E-state index contributed by atoms with van der Waals surface area (Å²) in [6.07, 6.45) is 0. The molecule has 0 unspecified atom stereocenters. The van der Waals surface area contributed by atoms with Crippen LogP contribution in [-0.2, 0) is 5.41 Å². The summed E-state index contributed by atoms with van der Waals surface area (Å²) in [4.78, 5) is 0. The van der Waals surface area contributed by atoms with Crippen molar-refractivity contribution >= 4 is 11.4 Å². The Morgan fingerprint density at radius 1 is 1.21 bits per heavy atom. The van der Waals surface area contributed by atoms with E-state index in [9.17, 15) is 0 Å².